The number of aryl methyl sites for hydroxylation is 1. The predicted octanol–water partition coefficient (Wildman–Crippen LogP) is 2.37. The Hall–Kier alpha value is -1.74. The summed E-state index contributed by atoms with van der Waals surface area (Å²) in [5.74, 6) is 1.54. The fourth-order valence-electron chi connectivity index (χ4n) is 3.72. The van der Waals surface area contributed by atoms with Crippen LogP contribution in [0.1, 0.15) is 67.6 Å². The predicted molar refractivity (Wildman–Crippen MR) is 94.3 cm³/mol. The van der Waals surface area contributed by atoms with Crippen molar-refractivity contribution in [3.05, 3.63) is 23.2 Å². The van der Waals surface area contributed by atoms with Crippen LogP contribution < -0.4 is 0 Å². The van der Waals surface area contributed by atoms with Crippen molar-refractivity contribution in [2.45, 2.75) is 69.7 Å². The average Bonchev–Trinajstić information content (AvgIpc) is 3.12. The molecule has 2 fully saturated rings. The standard InChI is InChI=1S/C17H25N5O3S/c1-12-16(26(23,24)21-9-4-3-5-10-21)13(2)22(20-12)11-15-18-19-17(25-15)14-7-6-8-14/h14H,3-11H2,1-2H3. The van der Waals surface area contributed by atoms with Crippen LogP contribution in [-0.2, 0) is 16.6 Å². The summed E-state index contributed by atoms with van der Waals surface area (Å²) < 4.78 is 35.1. The summed E-state index contributed by atoms with van der Waals surface area (Å²) in [6.45, 7) is 5.00. The van der Waals surface area contributed by atoms with Crippen LogP contribution in [0.4, 0.5) is 0 Å². The average molecular weight is 379 g/mol. The second kappa shape index (κ2) is 6.77. The van der Waals surface area contributed by atoms with Crippen molar-refractivity contribution in [3.63, 3.8) is 0 Å². The zero-order chi connectivity index (χ0) is 18.3. The molecule has 0 atom stereocenters. The van der Waals surface area contributed by atoms with Gasteiger partial charge in [-0.3, -0.25) is 4.68 Å². The van der Waals surface area contributed by atoms with Crippen molar-refractivity contribution in [1.82, 2.24) is 24.3 Å². The third-order valence-corrected chi connectivity index (χ3v) is 7.60. The molecule has 0 spiro atoms. The molecule has 1 saturated heterocycles. The van der Waals surface area contributed by atoms with Crippen molar-refractivity contribution in [3.8, 4) is 0 Å². The lowest BCUT2D eigenvalue weighted by atomic mass is 9.85. The van der Waals surface area contributed by atoms with Crippen LogP contribution in [0.5, 0.6) is 0 Å². The molecule has 0 N–H and O–H groups in total. The monoisotopic (exact) mass is 379 g/mol. The molecule has 2 aliphatic rings. The van der Waals surface area contributed by atoms with Gasteiger partial charge in [0.25, 0.3) is 0 Å². The highest BCUT2D eigenvalue weighted by Crippen LogP contribution is 2.35. The first-order valence-corrected chi connectivity index (χ1v) is 10.8. The molecule has 8 nitrogen and oxygen atoms in total. The van der Waals surface area contributed by atoms with Gasteiger partial charge in [0.05, 0.1) is 11.4 Å². The molecular formula is C17H25N5O3S. The highest BCUT2D eigenvalue weighted by molar-refractivity contribution is 7.89. The Balaban J connectivity index is 1.59. The Morgan fingerprint density at radius 2 is 1.81 bits per heavy atom. The lowest BCUT2D eigenvalue weighted by molar-refractivity contribution is 0.321. The lowest BCUT2D eigenvalue weighted by Crippen LogP contribution is -2.36. The van der Waals surface area contributed by atoms with Gasteiger partial charge < -0.3 is 4.42 Å². The summed E-state index contributed by atoms with van der Waals surface area (Å²) in [4.78, 5) is 0.318. The summed E-state index contributed by atoms with van der Waals surface area (Å²) in [5, 5.41) is 12.7. The minimum absolute atomic E-state index is 0.294. The van der Waals surface area contributed by atoms with E-state index in [9.17, 15) is 8.42 Å². The number of sulfonamides is 1. The van der Waals surface area contributed by atoms with E-state index >= 15 is 0 Å². The van der Waals surface area contributed by atoms with Gasteiger partial charge in [0, 0.05) is 19.0 Å². The minimum atomic E-state index is -3.51. The summed E-state index contributed by atoms with van der Waals surface area (Å²) in [5.41, 5.74) is 1.14. The van der Waals surface area contributed by atoms with Gasteiger partial charge in [-0.1, -0.05) is 12.8 Å². The Bertz CT molecular complexity index is 892. The molecule has 1 aliphatic heterocycles. The summed E-state index contributed by atoms with van der Waals surface area (Å²) in [7, 11) is -3.51. The fraction of sp³-hybridized carbons (Fsp3) is 0.706. The van der Waals surface area contributed by atoms with Gasteiger partial charge in [-0.05, 0) is 39.5 Å². The molecular weight excluding hydrogens is 354 g/mol. The number of rotatable bonds is 5. The first-order valence-electron chi connectivity index (χ1n) is 9.33. The Morgan fingerprint density at radius 3 is 2.46 bits per heavy atom. The minimum Gasteiger partial charge on any atom is -0.423 e. The topological polar surface area (TPSA) is 94.1 Å². The molecule has 9 heteroatoms. The van der Waals surface area contributed by atoms with Gasteiger partial charge in [-0.2, -0.15) is 9.40 Å². The fourth-order valence-corrected chi connectivity index (χ4v) is 5.61. The Labute approximate surface area is 153 Å². The maximum absolute atomic E-state index is 13.1. The number of nitrogens with zero attached hydrogens (tertiary/aromatic N) is 5. The first kappa shape index (κ1) is 17.7. The maximum atomic E-state index is 13.1. The number of aromatic nitrogens is 4. The van der Waals surface area contributed by atoms with Crippen molar-refractivity contribution in [2.75, 3.05) is 13.1 Å². The number of hydrogen-bond acceptors (Lipinski definition) is 6. The van der Waals surface area contributed by atoms with E-state index < -0.39 is 10.0 Å². The molecule has 0 bridgehead atoms. The quantitative estimate of drug-likeness (QED) is 0.792. The largest absolute Gasteiger partial charge is 0.423 e. The van der Waals surface area contributed by atoms with E-state index in [1.807, 2.05) is 0 Å². The van der Waals surface area contributed by atoms with Crippen LogP contribution in [0.3, 0.4) is 0 Å². The lowest BCUT2D eigenvalue weighted by Gasteiger charge is -2.25. The molecule has 1 aliphatic carbocycles. The van der Waals surface area contributed by atoms with Crippen LogP contribution in [-0.4, -0.2) is 45.8 Å². The van der Waals surface area contributed by atoms with Crippen LogP contribution >= 0.6 is 0 Å². The van der Waals surface area contributed by atoms with Gasteiger partial charge in [0.1, 0.15) is 11.4 Å². The van der Waals surface area contributed by atoms with Gasteiger partial charge in [-0.25, -0.2) is 8.42 Å². The van der Waals surface area contributed by atoms with Crippen LogP contribution in [0.25, 0.3) is 0 Å². The summed E-state index contributed by atoms with van der Waals surface area (Å²) in [6.07, 6.45) is 6.32. The second-order valence-corrected chi connectivity index (χ2v) is 9.16. The van der Waals surface area contributed by atoms with Gasteiger partial charge in [0.15, 0.2) is 0 Å². The third-order valence-electron chi connectivity index (χ3n) is 5.45. The Morgan fingerprint density at radius 1 is 1.08 bits per heavy atom. The smallest absolute Gasteiger partial charge is 0.246 e. The molecule has 3 heterocycles. The molecule has 2 aromatic rings. The summed E-state index contributed by atoms with van der Waals surface area (Å²) in [6, 6.07) is 0. The van der Waals surface area contributed by atoms with Gasteiger partial charge >= 0.3 is 0 Å². The van der Waals surface area contributed by atoms with E-state index in [1.54, 1.807) is 22.8 Å². The van der Waals surface area contributed by atoms with E-state index in [1.165, 1.54) is 6.42 Å². The van der Waals surface area contributed by atoms with E-state index in [0.29, 0.717) is 53.6 Å². The molecule has 0 aromatic carbocycles. The molecule has 4 rings (SSSR count). The molecule has 2 aromatic heterocycles. The van der Waals surface area contributed by atoms with Crippen molar-refractivity contribution >= 4 is 10.0 Å². The normalized spacial score (nSPS) is 19.6. The molecule has 0 amide bonds. The number of hydrogen-bond donors (Lipinski definition) is 0. The van der Waals surface area contributed by atoms with Crippen molar-refractivity contribution in [2.24, 2.45) is 0 Å². The molecule has 26 heavy (non-hydrogen) atoms. The van der Waals surface area contributed by atoms with Crippen LogP contribution in [0.15, 0.2) is 9.31 Å². The second-order valence-electron chi connectivity index (χ2n) is 7.28. The van der Waals surface area contributed by atoms with Crippen molar-refractivity contribution in [1.29, 1.82) is 0 Å². The Kier molecular flexibility index (Phi) is 4.60. The van der Waals surface area contributed by atoms with E-state index in [4.69, 9.17) is 4.42 Å². The van der Waals surface area contributed by atoms with E-state index in [-0.39, 0.29) is 0 Å². The van der Waals surface area contributed by atoms with Crippen molar-refractivity contribution < 1.29 is 12.8 Å². The number of piperidine rings is 1. The highest BCUT2D eigenvalue weighted by atomic mass is 32.2. The summed E-state index contributed by atoms with van der Waals surface area (Å²) >= 11 is 0. The van der Waals surface area contributed by atoms with Gasteiger partial charge in [0.2, 0.25) is 21.8 Å². The molecule has 142 valence electrons. The highest BCUT2D eigenvalue weighted by Gasteiger charge is 2.32. The van der Waals surface area contributed by atoms with E-state index in [0.717, 1.165) is 32.1 Å². The zero-order valence-corrected chi connectivity index (χ0v) is 16.1. The van der Waals surface area contributed by atoms with Crippen LogP contribution in [0.2, 0.25) is 0 Å². The molecule has 1 saturated carbocycles. The molecule has 0 unspecified atom stereocenters. The van der Waals surface area contributed by atoms with Gasteiger partial charge in [-0.15, -0.1) is 10.2 Å². The third kappa shape index (κ3) is 3.07. The molecule has 0 radical (unpaired) electrons. The SMILES string of the molecule is Cc1nn(Cc2nnc(C3CCC3)o2)c(C)c1S(=O)(=O)N1CCCCC1. The zero-order valence-electron chi connectivity index (χ0n) is 15.3. The van der Waals surface area contributed by atoms with Crippen LogP contribution in [0, 0.1) is 13.8 Å². The van der Waals surface area contributed by atoms with E-state index in [2.05, 4.69) is 15.3 Å². The first-order chi connectivity index (χ1) is 12.5. The maximum Gasteiger partial charge on any atom is 0.246 e.